The van der Waals surface area contributed by atoms with Crippen LogP contribution in [0.5, 0.6) is 0 Å². The van der Waals surface area contributed by atoms with Crippen LogP contribution in [0.1, 0.15) is 29.7 Å². The van der Waals surface area contributed by atoms with Gasteiger partial charge in [0.2, 0.25) is 11.8 Å². The number of hydrogen-bond acceptors (Lipinski definition) is 6. The minimum atomic E-state index is -1.20. The Kier molecular flexibility index (Phi) is 4.27. The zero-order chi connectivity index (χ0) is 22.5. The van der Waals surface area contributed by atoms with Gasteiger partial charge in [-0.1, -0.05) is 23.5 Å². The maximum absolute atomic E-state index is 13.6. The molecule has 2 N–H and O–H groups in total. The number of likely N-dealkylation sites (tertiary alicyclic amines) is 1. The Hall–Kier alpha value is -2.46. The number of H-pyrrole nitrogens is 1. The van der Waals surface area contributed by atoms with Gasteiger partial charge in [0.05, 0.1) is 16.9 Å². The molecule has 0 spiro atoms. The molecule has 4 aliphatic rings. The van der Waals surface area contributed by atoms with Crippen LogP contribution in [0, 0.1) is 35.4 Å². The molecular formula is C22H19FN2O5S2. The van der Waals surface area contributed by atoms with Crippen LogP contribution < -0.4 is 4.87 Å². The van der Waals surface area contributed by atoms with E-state index in [2.05, 4.69) is 4.98 Å². The fourth-order valence-electron chi connectivity index (χ4n) is 6.58. The van der Waals surface area contributed by atoms with Crippen molar-refractivity contribution < 1.29 is 23.9 Å². The third kappa shape index (κ3) is 2.53. The van der Waals surface area contributed by atoms with Gasteiger partial charge in [0.1, 0.15) is 11.9 Å². The molecule has 6 rings (SSSR count). The summed E-state index contributed by atoms with van der Waals surface area (Å²) in [5.74, 6) is -3.69. The first-order valence-electron chi connectivity index (χ1n) is 10.5. The molecule has 1 aromatic heterocycles. The number of nitrogens with one attached hydrogen (secondary N) is 1. The first-order valence-corrected chi connectivity index (χ1v) is 12.2. The number of hydrogen-bond donors (Lipinski definition) is 2. The number of nitrogens with zero attached hydrogens (tertiary/aromatic N) is 1. The number of carboxylic acid groups (broad SMARTS) is 1. The molecule has 2 amide bonds. The highest BCUT2D eigenvalue weighted by Crippen LogP contribution is 2.68. The highest BCUT2D eigenvalue weighted by atomic mass is 32.2. The van der Waals surface area contributed by atoms with Crippen LogP contribution in [-0.4, -0.2) is 44.1 Å². The quantitative estimate of drug-likeness (QED) is 0.662. The fourth-order valence-corrected chi connectivity index (χ4v) is 9.46. The van der Waals surface area contributed by atoms with E-state index in [9.17, 15) is 28.7 Å². The van der Waals surface area contributed by atoms with Gasteiger partial charge in [-0.25, -0.2) is 9.18 Å². The molecule has 8 atom stereocenters. The number of carbonyl (C=O) groups is 3. The number of fused-ring (bicyclic) bond motifs is 9. The molecule has 2 bridgehead atoms. The fraction of sp³-hybridized carbons (Fsp3) is 0.455. The largest absolute Gasteiger partial charge is 0.480 e. The van der Waals surface area contributed by atoms with Gasteiger partial charge in [-0.05, 0) is 48.8 Å². The zero-order valence-corrected chi connectivity index (χ0v) is 18.5. The van der Waals surface area contributed by atoms with E-state index in [0.717, 1.165) is 38.1 Å². The first kappa shape index (κ1) is 20.2. The van der Waals surface area contributed by atoms with Crippen molar-refractivity contribution in [3.05, 3.63) is 50.2 Å². The number of aliphatic carboxylic acids is 1. The van der Waals surface area contributed by atoms with Crippen molar-refractivity contribution in [3.8, 4) is 0 Å². The van der Waals surface area contributed by atoms with E-state index in [-0.39, 0.29) is 45.5 Å². The van der Waals surface area contributed by atoms with Gasteiger partial charge in [0.25, 0.3) is 0 Å². The minimum absolute atomic E-state index is 0.00694. The molecule has 1 saturated heterocycles. The highest BCUT2D eigenvalue weighted by Gasteiger charge is 2.70. The molecule has 1 aromatic carbocycles. The molecule has 7 unspecified atom stereocenters. The molecule has 3 heterocycles. The summed E-state index contributed by atoms with van der Waals surface area (Å²) in [7, 11) is 0. The summed E-state index contributed by atoms with van der Waals surface area (Å²) >= 11 is 2.71. The lowest BCUT2D eigenvalue weighted by Crippen LogP contribution is -2.44. The van der Waals surface area contributed by atoms with Crippen LogP contribution in [0.25, 0.3) is 0 Å². The van der Waals surface area contributed by atoms with Crippen molar-refractivity contribution in [3.63, 3.8) is 0 Å². The molecule has 0 radical (unpaired) electrons. The van der Waals surface area contributed by atoms with Crippen LogP contribution in [0.2, 0.25) is 0 Å². The maximum atomic E-state index is 13.6. The number of rotatable bonds is 3. The van der Waals surface area contributed by atoms with E-state index >= 15 is 0 Å². The van der Waals surface area contributed by atoms with Crippen molar-refractivity contribution in [2.75, 3.05) is 0 Å². The van der Waals surface area contributed by atoms with Crippen molar-refractivity contribution in [2.24, 2.45) is 29.6 Å². The number of carboxylic acids is 1. The molecule has 2 saturated carbocycles. The monoisotopic (exact) mass is 474 g/mol. The van der Waals surface area contributed by atoms with Gasteiger partial charge in [-0.2, -0.15) is 0 Å². The summed E-state index contributed by atoms with van der Waals surface area (Å²) in [6.07, 6.45) is 0.724. The Morgan fingerprint density at radius 3 is 2.47 bits per heavy atom. The number of imide groups is 1. The Morgan fingerprint density at radius 1 is 1.16 bits per heavy atom. The van der Waals surface area contributed by atoms with Crippen LogP contribution in [-0.2, 0) is 14.4 Å². The van der Waals surface area contributed by atoms with Crippen LogP contribution >= 0.6 is 23.1 Å². The molecule has 2 aromatic rings. The SMILES string of the molecule is CC(C(=O)O)N1C(=O)C2C3CC(C2C1=O)C1C3Sc2[nH]c(=O)sc2[C@@H]1c1ccc(F)cc1. The minimum Gasteiger partial charge on any atom is -0.480 e. The Labute approximate surface area is 190 Å². The molecule has 7 nitrogen and oxygen atoms in total. The first-order chi connectivity index (χ1) is 15.3. The van der Waals surface area contributed by atoms with E-state index < -0.39 is 29.8 Å². The third-order valence-electron chi connectivity index (χ3n) is 7.73. The molecule has 32 heavy (non-hydrogen) atoms. The molecule has 2 aliphatic heterocycles. The number of thioether (sulfide) groups is 1. The van der Waals surface area contributed by atoms with Crippen molar-refractivity contribution in [2.45, 2.75) is 35.6 Å². The predicted molar refractivity (Wildman–Crippen MR) is 114 cm³/mol. The number of aromatic nitrogens is 1. The van der Waals surface area contributed by atoms with Crippen LogP contribution in [0.15, 0.2) is 34.1 Å². The van der Waals surface area contributed by atoms with E-state index in [0.29, 0.717) is 0 Å². The van der Waals surface area contributed by atoms with E-state index in [1.165, 1.54) is 19.1 Å². The molecular weight excluding hydrogens is 455 g/mol. The lowest BCUT2D eigenvalue weighted by Gasteiger charge is -2.43. The number of halogens is 1. The lowest BCUT2D eigenvalue weighted by molar-refractivity contribution is -0.154. The van der Waals surface area contributed by atoms with Crippen molar-refractivity contribution in [1.29, 1.82) is 0 Å². The second-order valence-electron chi connectivity index (χ2n) is 9.07. The number of aromatic amines is 1. The Balaban J connectivity index is 1.45. The molecule has 166 valence electrons. The van der Waals surface area contributed by atoms with Crippen LogP contribution in [0.4, 0.5) is 4.39 Å². The smallest absolute Gasteiger partial charge is 0.326 e. The summed E-state index contributed by atoms with van der Waals surface area (Å²) in [6.45, 7) is 1.37. The molecule has 2 aliphatic carbocycles. The number of amides is 2. The standard InChI is InChI=1S/C22H19FN2O5S2/c1-7(21(28)29)25-19(26)14-10-6-11(15(14)20(25)27)16-13(10)12(8-2-4-9(23)5-3-8)17-18(31-16)24-22(30)32-17/h2-5,7,10-16H,6H2,1H3,(H,24,30)(H,28,29)/t7?,10?,11?,12-,13?,14?,15?,16?/m1/s1. The summed E-state index contributed by atoms with van der Waals surface area (Å²) < 4.78 is 13.6. The normalized spacial score (nSPS) is 35.6. The summed E-state index contributed by atoms with van der Waals surface area (Å²) in [5.41, 5.74) is 0.884. The maximum Gasteiger partial charge on any atom is 0.326 e. The van der Waals surface area contributed by atoms with E-state index in [1.54, 1.807) is 23.9 Å². The topological polar surface area (TPSA) is 108 Å². The van der Waals surface area contributed by atoms with Crippen molar-refractivity contribution in [1.82, 2.24) is 9.88 Å². The second kappa shape index (κ2) is 6.77. The lowest BCUT2D eigenvalue weighted by atomic mass is 9.68. The Morgan fingerprint density at radius 2 is 1.81 bits per heavy atom. The van der Waals surface area contributed by atoms with Gasteiger partial charge in [-0.3, -0.25) is 19.3 Å². The van der Waals surface area contributed by atoms with Gasteiger partial charge >= 0.3 is 10.8 Å². The average Bonchev–Trinajstić information content (AvgIpc) is 3.47. The van der Waals surface area contributed by atoms with Gasteiger partial charge in [-0.15, -0.1) is 11.8 Å². The third-order valence-corrected chi connectivity index (χ3v) is 10.3. The second-order valence-corrected chi connectivity index (χ2v) is 11.3. The molecule has 3 fully saturated rings. The zero-order valence-electron chi connectivity index (χ0n) is 16.9. The van der Waals surface area contributed by atoms with Gasteiger partial charge in [0, 0.05) is 16.0 Å². The highest BCUT2D eigenvalue weighted by molar-refractivity contribution is 8.00. The van der Waals surface area contributed by atoms with E-state index in [4.69, 9.17) is 0 Å². The average molecular weight is 475 g/mol. The summed E-state index contributed by atoms with van der Waals surface area (Å²) in [4.78, 5) is 54.8. The predicted octanol–water partition coefficient (Wildman–Crippen LogP) is 2.52. The summed E-state index contributed by atoms with van der Waals surface area (Å²) in [5, 5.41) is 10.2. The number of carbonyl (C=O) groups excluding carboxylic acids is 2. The van der Waals surface area contributed by atoms with Gasteiger partial charge in [0.15, 0.2) is 0 Å². The van der Waals surface area contributed by atoms with E-state index in [1.807, 2.05) is 0 Å². The number of thiazole rings is 1. The van der Waals surface area contributed by atoms with Gasteiger partial charge < -0.3 is 10.1 Å². The van der Waals surface area contributed by atoms with Crippen molar-refractivity contribution >= 4 is 40.9 Å². The summed E-state index contributed by atoms with van der Waals surface area (Å²) in [6, 6.07) is 5.06. The number of benzene rings is 1. The molecule has 10 heteroatoms. The van der Waals surface area contributed by atoms with Crippen LogP contribution in [0.3, 0.4) is 0 Å². The Bertz CT molecular complexity index is 1220.